The van der Waals surface area contributed by atoms with Gasteiger partial charge in [0, 0.05) is 5.56 Å². The highest BCUT2D eigenvalue weighted by atomic mass is 35.5. The minimum Gasteiger partial charge on any atom is -0.436 e. The summed E-state index contributed by atoms with van der Waals surface area (Å²) in [6, 6.07) is 2.80. The molecule has 1 aromatic heterocycles. The lowest BCUT2D eigenvalue weighted by atomic mass is 10.1. The monoisotopic (exact) mass is 297 g/mol. The van der Waals surface area contributed by atoms with E-state index >= 15 is 0 Å². The molecule has 8 heteroatoms. The summed E-state index contributed by atoms with van der Waals surface area (Å²) >= 11 is 5.55. The highest BCUT2D eigenvalue weighted by Gasteiger charge is 2.17. The Kier molecular flexibility index (Phi) is 3.80. The molecular formula is C12H9ClFN3O3. The van der Waals surface area contributed by atoms with Gasteiger partial charge in [-0.15, -0.1) is 0 Å². The predicted octanol–water partition coefficient (Wildman–Crippen LogP) is 3.59. The van der Waals surface area contributed by atoms with Gasteiger partial charge in [-0.3, -0.25) is 10.1 Å². The van der Waals surface area contributed by atoms with Crippen LogP contribution in [0.25, 0.3) is 0 Å². The van der Waals surface area contributed by atoms with Crippen LogP contribution in [-0.2, 0) is 0 Å². The summed E-state index contributed by atoms with van der Waals surface area (Å²) in [6.07, 6.45) is 0.864. The second-order valence-corrected chi connectivity index (χ2v) is 4.39. The van der Waals surface area contributed by atoms with Crippen LogP contribution in [0.1, 0.15) is 11.1 Å². The van der Waals surface area contributed by atoms with Gasteiger partial charge in [-0.1, -0.05) is 0 Å². The van der Waals surface area contributed by atoms with Gasteiger partial charge in [0.05, 0.1) is 17.2 Å². The summed E-state index contributed by atoms with van der Waals surface area (Å²) in [5.41, 5.74) is 0.981. The second kappa shape index (κ2) is 5.38. The van der Waals surface area contributed by atoms with E-state index in [4.69, 9.17) is 16.3 Å². The summed E-state index contributed by atoms with van der Waals surface area (Å²) < 4.78 is 18.7. The molecule has 0 N–H and O–H groups in total. The Morgan fingerprint density at radius 3 is 2.70 bits per heavy atom. The number of benzene rings is 1. The van der Waals surface area contributed by atoms with Crippen LogP contribution in [0, 0.1) is 29.8 Å². The number of nitrogens with zero attached hydrogens (tertiary/aromatic N) is 3. The minimum atomic E-state index is -0.808. The van der Waals surface area contributed by atoms with Gasteiger partial charge in [-0.25, -0.2) is 4.98 Å². The molecule has 0 aliphatic heterocycles. The van der Waals surface area contributed by atoms with Gasteiger partial charge < -0.3 is 4.74 Å². The summed E-state index contributed by atoms with van der Waals surface area (Å²) in [5, 5.41) is 10.7. The number of hydrogen-bond donors (Lipinski definition) is 0. The third-order valence-electron chi connectivity index (χ3n) is 2.58. The molecule has 2 aromatic rings. The SMILES string of the molecule is Cc1cc(C)c([N+](=O)[O-])cc1Oc1nc(Cl)ncc1F. The van der Waals surface area contributed by atoms with Crippen molar-refractivity contribution in [1.82, 2.24) is 9.97 Å². The number of hydrogen-bond acceptors (Lipinski definition) is 5. The van der Waals surface area contributed by atoms with E-state index in [1.54, 1.807) is 19.9 Å². The molecule has 0 aliphatic rings. The average Bonchev–Trinajstić information content (AvgIpc) is 2.36. The number of aryl methyl sites for hydroxylation is 2. The number of rotatable bonds is 3. The number of halogens is 2. The van der Waals surface area contributed by atoms with Crippen LogP contribution in [0.5, 0.6) is 11.6 Å². The predicted molar refractivity (Wildman–Crippen MR) is 69.6 cm³/mol. The third-order valence-corrected chi connectivity index (χ3v) is 2.76. The van der Waals surface area contributed by atoms with Crippen molar-refractivity contribution in [2.75, 3.05) is 0 Å². The standard InChI is InChI=1S/C12H9ClFN3O3/c1-6-3-7(2)10(4-9(6)17(18)19)20-11-8(14)5-15-12(13)16-11/h3-5H,1-2H3. The van der Waals surface area contributed by atoms with Crippen molar-refractivity contribution in [3.05, 3.63) is 50.7 Å². The van der Waals surface area contributed by atoms with Gasteiger partial charge in [-0.2, -0.15) is 9.37 Å². The molecule has 0 bridgehead atoms. The molecule has 0 saturated carbocycles. The van der Waals surface area contributed by atoms with E-state index in [9.17, 15) is 14.5 Å². The molecule has 0 aliphatic carbocycles. The highest BCUT2D eigenvalue weighted by Crippen LogP contribution is 2.31. The Bertz CT molecular complexity index is 694. The minimum absolute atomic E-state index is 0.119. The first kappa shape index (κ1) is 14.1. The summed E-state index contributed by atoms with van der Waals surface area (Å²) in [4.78, 5) is 17.4. The molecule has 0 saturated heterocycles. The van der Waals surface area contributed by atoms with Crippen LogP contribution in [0.15, 0.2) is 18.3 Å². The Morgan fingerprint density at radius 2 is 2.05 bits per heavy atom. The van der Waals surface area contributed by atoms with Crippen molar-refractivity contribution in [2.24, 2.45) is 0 Å². The van der Waals surface area contributed by atoms with Gasteiger partial charge in [0.1, 0.15) is 5.75 Å². The Hall–Kier alpha value is -2.28. The number of ether oxygens (including phenoxy) is 1. The molecule has 0 unspecified atom stereocenters. The summed E-state index contributed by atoms with van der Waals surface area (Å²) in [6.45, 7) is 3.30. The van der Waals surface area contributed by atoms with Crippen molar-refractivity contribution >= 4 is 17.3 Å². The normalized spacial score (nSPS) is 10.4. The second-order valence-electron chi connectivity index (χ2n) is 4.06. The smallest absolute Gasteiger partial charge is 0.276 e. The number of nitro groups is 1. The lowest BCUT2D eigenvalue weighted by molar-refractivity contribution is -0.385. The van der Waals surface area contributed by atoms with Gasteiger partial charge in [-0.05, 0) is 37.1 Å². The van der Waals surface area contributed by atoms with E-state index in [1.807, 2.05) is 0 Å². The van der Waals surface area contributed by atoms with Gasteiger partial charge in [0.15, 0.2) is 0 Å². The fourth-order valence-corrected chi connectivity index (χ4v) is 1.76. The van der Waals surface area contributed by atoms with Crippen LogP contribution in [0.3, 0.4) is 0 Å². The van der Waals surface area contributed by atoms with Crippen molar-refractivity contribution in [3.8, 4) is 11.6 Å². The van der Waals surface area contributed by atoms with Crippen LogP contribution in [0.2, 0.25) is 5.28 Å². The first-order valence-corrected chi connectivity index (χ1v) is 5.88. The van der Waals surface area contributed by atoms with Crippen LogP contribution in [-0.4, -0.2) is 14.9 Å². The molecule has 0 fully saturated rings. The van der Waals surface area contributed by atoms with Crippen molar-refractivity contribution < 1.29 is 14.1 Å². The van der Waals surface area contributed by atoms with Gasteiger partial charge in [0.2, 0.25) is 11.1 Å². The Balaban J connectivity index is 2.45. The van der Waals surface area contributed by atoms with Gasteiger partial charge >= 0.3 is 0 Å². The fourth-order valence-electron chi connectivity index (χ4n) is 1.64. The first-order valence-electron chi connectivity index (χ1n) is 5.50. The summed E-state index contributed by atoms with van der Waals surface area (Å²) in [7, 11) is 0. The molecule has 1 heterocycles. The molecule has 0 amide bonds. The fraction of sp³-hybridized carbons (Fsp3) is 0.167. The topological polar surface area (TPSA) is 78.2 Å². The molecule has 0 spiro atoms. The van der Waals surface area contributed by atoms with E-state index in [-0.39, 0.29) is 22.6 Å². The average molecular weight is 298 g/mol. The largest absolute Gasteiger partial charge is 0.436 e. The highest BCUT2D eigenvalue weighted by molar-refractivity contribution is 6.28. The summed E-state index contributed by atoms with van der Waals surface area (Å²) in [5.74, 6) is -1.06. The lowest BCUT2D eigenvalue weighted by Gasteiger charge is -2.09. The van der Waals surface area contributed by atoms with Crippen LogP contribution < -0.4 is 4.74 Å². The molecule has 20 heavy (non-hydrogen) atoms. The molecule has 1 aromatic carbocycles. The molecule has 0 atom stereocenters. The maximum atomic E-state index is 13.5. The molecule has 0 radical (unpaired) electrons. The Labute approximate surface area is 118 Å². The number of nitro benzene ring substituents is 1. The zero-order valence-corrected chi connectivity index (χ0v) is 11.3. The molecule has 104 valence electrons. The van der Waals surface area contributed by atoms with E-state index in [0.717, 1.165) is 6.20 Å². The van der Waals surface area contributed by atoms with Crippen LogP contribution >= 0.6 is 11.6 Å². The molecule has 2 rings (SSSR count). The van der Waals surface area contributed by atoms with Crippen LogP contribution in [0.4, 0.5) is 10.1 Å². The van der Waals surface area contributed by atoms with E-state index in [0.29, 0.717) is 11.1 Å². The molecule has 6 nitrogen and oxygen atoms in total. The first-order chi connectivity index (χ1) is 9.38. The maximum absolute atomic E-state index is 13.5. The van der Waals surface area contributed by atoms with E-state index in [2.05, 4.69) is 9.97 Å². The van der Waals surface area contributed by atoms with Crippen molar-refractivity contribution in [1.29, 1.82) is 0 Å². The third kappa shape index (κ3) is 2.83. The van der Waals surface area contributed by atoms with Gasteiger partial charge in [0.25, 0.3) is 11.6 Å². The van der Waals surface area contributed by atoms with Crippen molar-refractivity contribution in [2.45, 2.75) is 13.8 Å². The lowest BCUT2D eigenvalue weighted by Crippen LogP contribution is -1.98. The maximum Gasteiger partial charge on any atom is 0.276 e. The zero-order valence-electron chi connectivity index (χ0n) is 10.6. The molecular weight excluding hydrogens is 289 g/mol. The Morgan fingerprint density at radius 1 is 1.35 bits per heavy atom. The van der Waals surface area contributed by atoms with Crippen molar-refractivity contribution in [3.63, 3.8) is 0 Å². The zero-order chi connectivity index (χ0) is 14.9. The van der Waals surface area contributed by atoms with E-state index in [1.165, 1.54) is 6.07 Å². The van der Waals surface area contributed by atoms with E-state index < -0.39 is 10.7 Å². The number of aromatic nitrogens is 2. The quantitative estimate of drug-likeness (QED) is 0.491.